The maximum atomic E-state index is 14.3. The lowest BCUT2D eigenvalue weighted by Crippen LogP contribution is -2.34. The molecule has 1 aromatic heterocycles. The van der Waals surface area contributed by atoms with Gasteiger partial charge in [-0.3, -0.25) is 4.90 Å². The van der Waals surface area contributed by atoms with E-state index in [9.17, 15) is 17.6 Å². The predicted molar refractivity (Wildman–Crippen MR) is 95.5 cm³/mol. The van der Waals surface area contributed by atoms with Crippen LogP contribution in [0.5, 0.6) is 5.75 Å². The second-order valence-electron chi connectivity index (χ2n) is 7.17. The van der Waals surface area contributed by atoms with Crippen LogP contribution in [0.25, 0.3) is 11.1 Å². The van der Waals surface area contributed by atoms with Crippen LogP contribution in [-0.4, -0.2) is 46.4 Å². The molecule has 3 heterocycles. The second kappa shape index (κ2) is 7.20. The number of rotatable bonds is 4. The van der Waals surface area contributed by atoms with Crippen LogP contribution in [0.2, 0.25) is 0 Å². The maximum absolute atomic E-state index is 14.3. The van der Waals surface area contributed by atoms with Gasteiger partial charge in [-0.15, -0.1) is 13.2 Å². The molecule has 0 bridgehead atoms. The number of alkyl halides is 3. The SMILES string of the molecule is Cc1nc(NC2CCN3CCCC23)ncc1-c1ccc(OC(F)(F)F)cc1F. The molecule has 4 rings (SSSR count). The minimum absolute atomic E-state index is 0.126. The maximum Gasteiger partial charge on any atom is 0.573 e. The van der Waals surface area contributed by atoms with E-state index in [4.69, 9.17) is 0 Å². The first-order valence-corrected chi connectivity index (χ1v) is 9.20. The van der Waals surface area contributed by atoms with Gasteiger partial charge in [0, 0.05) is 42.0 Å². The number of ether oxygens (including phenoxy) is 1. The van der Waals surface area contributed by atoms with Crippen molar-refractivity contribution in [3.8, 4) is 16.9 Å². The van der Waals surface area contributed by atoms with E-state index >= 15 is 0 Å². The van der Waals surface area contributed by atoms with Crippen LogP contribution in [0.1, 0.15) is 25.0 Å². The van der Waals surface area contributed by atoms with E-state index in [0.29, 0.717) is 35.4 Å². The zero-order valence-corrected chi connectivity index (χ0v) is 15.3. The van der Waals surface area contributed by atoms with Crippen molar-refractivity contribution in [2.24, 2.45) is 0 Å². The third kappa shape index (κ3) is 3.89. The summed E-state index contributed by atoms with van der Waals surface area (Å²) < 4.78 is 54.9. The first-order valence-electron chi connectivity index (χ1n) is 9.20. The Bertz CT molecular complexity index is 873. The molecule has 2 atom stereocenters. The molecule has 0 aliphatic carbocycles. The van der Waals surface area contributed by atoms with Gasteiger partial charge in [-0.2, -0.15) is 0 Å². The van der Waals surface area contributed by atoms with Crippen molar-refractivity contribution in [1.29, 1.82) is 0 Å². The highest BCUT2D eigenvalue weighted by Crippen LogP contribution is 2.32. The summed E-state index contributed by atoms with van der Waals surface area (Å²) in [6, 6.07) is 3.82. The first kappa shape index (κ1) is 18.9. The van der Waals surface area contributed by atoms with Crippen molar-refractivity contribution < 1.29 is 22.3 Å². The number of aromatic nitrogens is 2. The van der Waals surface area contributed by atoms with Gasteiger partial charge in [-0.25, -0.2) is 14.4 Å². The van der Waals surface area contributed by atoms with Crippen LogP contribution in [0, 0.1) is 12.7 Å². The van der Waals surface area contributed by atoms with E-state index in [1.54, 1.807) is 6.92 Å². The molecular weight excluding hydrogens is 376 g/mol. The van der Waals surface area contributed by atoms with Crippen LogP contribution in [0.4, 0.5) is 23.5 Å². The molecule has 2 unspecified atom stereocenters. The monoisotopic (exact) mass is 396 g/mol. The summed E-state index contributed by atoms with van der Waals surface area (Å²) in [6.07, 6.45) is 0.0234. The number of benzene rings is 1. The summed E-state index contributed by atoms with van der Waals surface area (Å²) in [5.41, 5.74) is 1.10. The third-order valence-corrected chi connectivity index (χ3v) is 5.36. The van der Waals surface area contributed by atoms with E-state index in [1.807, 2.05) is 0 Å². The molecule has 2 aromatic rings. The lowest BCUT2D eigenvalue weighted by atomic mass is 10.1. The Labute approximate surface area is 159 Å². The summed E-state index contributed by atoms with van der Waals surface area (Å²) in [5.74, 6) is -0.947. The fourth-order valence-corrected chi connectivity index (χ4v) is 4.13. The molecular formula is C19H20F4N4O. The van der Waals surface area contributed by atoms with Gasteiger partial charge in [-0.1, -0.05) is 0 Å². The summed E-state index contributed by atoms with van der Waals surface area (Å²) in [5, 5.41) is 3.38. The number of fused-ring (bicyclic) bond motifs is 1. The largest absolute Gasteiger partial charge is 0.573 e. The van der Waals surface area contributed by atoms with E-state index in [-0.39, 0.29) is 5.56 Å². The molecule has 0 spiro atoms. The van der Waals surface area contributed by atoms with E-state index in [1.165, 1.54) is 18.7 Å². The van der Waals surface area contributed by atoms with E-state index in [0.717, 1.165) is 32.0 Å². The fourth-order valence-electron chi connectivity index (χ4n) is 4.13. The standard InChI is InChI=1S/C19H20F4N4O/c1-11-14(13-5-4-12(9-15(13)20)28-19(21,22)23)10-24-18(25-11)26-16-6-8-27-7-2-3-17(16)27/h4-5,9-10,16-17H,2-3,6-8H2,1H3,(H,24,25,26). The fraction of sp³-hybridized carbons (Fsp3) is 0.474. The topological polar surface area (TPSA) is 50.3 Å². The van der Waals surface area contributed by atoms with Gasteiger partial charge in [0.15, 0.2) is 0 Å². The Balaban J connectivity index is 1.51. The summed E-state index contributed by atoms with van der Waals surface area (Å²) in [7, 11) is 0. The van der Waals surface area contributed by atoms with Gasteiger partial charge < -0.3 is 10.1 Å². The lowest BCUT2D eigenvalue weighted by molar-refractivity contribution is -0.274. The number of hydrogen-bond acceptors (Lipinski definition) is 5. The molecule has 9 heteroatoms. The van der Waals surface area contributed by atoms with E-state index < -0.39 is 17.9 Å². The molecule has 28 heavy (non-hydrogen) atoms. The summed E-state index contributed by atoms with van der Waals surface area (Å²) in [4.78, 5) is 11.2. The normalized spacial score (nSPS) is 22.3. The van der Waals surface area contributed by atoms with Crippen molar-refractivity contribution >= 4 is 5.95 Å². The predicted octanol–water partition coefficient (Wildman–Crippen LogP) is 4.14. The number of hydrogen-bond donors (Lipinski definition) is 1. The zero-order chi connectivity index (χ0) is 19.9. The zero-order valence-electron chi connectivity index (χ0n) is 15.3. The van der Waals surface area contributed by atoms with Gasteiger partial charge in [0.05, 0.1) is 5.69 Å². The van der Waals surface area contributed by atoms with Crippen molar-refractivity contribution in [3.63, 3.8) is 0 Å². The van der Waals surface area contributed by atoms with Crippen LogP contribution in [0.15, 0.2) is 24.4 Å². The number of halogens is 4. The van der Waals surface area contributed by atoms with Crippen LogP contribution < -0.4 is 10.1 Å². The van der Waals surface area contributed by atoms with Gasteiger partial charge >= 0.3 is 6.36 Å². The molecule has 0 saturated carbocycles. The molecule has 1 N–H and O–H groups in total. The van der Waals surface area contributed by atoms with Crippen molar-refractivity contribution in [2.45, 2.75) is 44.6 Å². The Hall–Kier alpha value is -2.42. The Morgan fingerprint density at radius 1 is 1.18 bits per heavy atom. The van der Waals surface area contributed by atoms with Crippen molar-refractivity contribution in [3.05, 3.63) is 35.9 Å². The van der Waals surface area contributed by atoms with E-state index in [2.05, 4.69) is 24.9 Å². The highest BCUT2D eigenvalue weighted by Gasteiger charge is 2.37. The Kier molecular flexibility index (Phi) is 4.86. The number of aryl methyl sites for hydroxylation is 1. The number of nitrogens with one attached hydrogen (secondary N) is 1. The molecule has 0 radical (unpaired) electrons. The molecule has 2 aliphatic rings. The lowest BCUT2D eigenvalue weighted by Gasteiger charge is -2.21. The summed E-state index contributed by atoms with van der Waals surface area (Å²) >= 11 is 0. The molecule has 150 valence electrons. The quantitative estimate of drug-likeness (QED) is 0.788. The molecule has 5 nitrogen and oxygen atoms in total. The van der Waals surface area contributed by atoms with Crippen molar-refractivity contribution in [1.82, 2.24) is 14.9 Å². The molecule has 2 fully saturated rings. The molecule has 0 amide bonds. The van der Waals surface area contributed by atoms with Crippen LogP contribution >= 0.6 is 0 Å². The van der Waals surface area contributed by atoms with Crippen LogP contribution in [-0.2, 0) is 0 Å². The van der Waals surface area contributed by atoms with Gasteiger partial charge in [0.25, 0.3) is 0 Å². The number of anilines is 1. The Morgan fingerprint density at radius 3 is 2.71 bits per heavy atom. The average molecular weight is 396 g/mol. The molecule has 2 aliphatic heterocycles. The Morgan fingerprint density at radius 2 is 2.00 bits per heavy atom. The minimum atomic E-state index is -4.87. The molecule has 2 saturated heterocycles. The van der Waals surface area contributed by atoms with Crippen LogP contribution in [0.3, 0.4) is 0 Å². The van der Waals surface area contributed by atoms with Gasteiger partial charge in [0.1, 0.15) is 11.6 Å². The van der Waals surface area contributed by atoms with Gasteiger partial charge in [-0.05, 0) is 44.9 Å². The third-order valence-electron chi connectivity index (χ3n) is 5.36. The second-order valence-corrected chi connectivity index (χ2v) is 7.17. The average Bonchev–Trinajstić information content (AvgIpc) is 3.20. The minimum Gasteiger partial charge on any atom is -0.406 e. The summed E-state index contributed by atoms with van der Waals surface area (Å²) in [6.45, 7) is 3.92. The smallest absolute Gasteiger partial charge is 0.406 e. The van der Waals surface area contributed by atoms with Gasteiger partial charge in [0.2, 0.25) is 5.95 Å². The highest BCUT2D eigenvalue weighted by molar-refractivity contribution is 5.67. The first-order chi connectivity index (χ1) is 13.3. The highest BCUT2D eigenvalue weighted by atomic mass is 19.4. The number of nitrogens with zero attached hydrogens (tertiary/aromatic N) is 3. The molecule has 1 aromatic carbocycles. The van der Waals surface area contributed by atoms with Crippen molar-refractivity contribution in [2.75, 3.05) is 18.4 Å².